The Kier molecular flexibility index (Phi) is 4.48. The van der Waals surface area contributed by atoms with Crippen LogP contribution in [0.1, 0.15) is 23.3 Å². The zero-order valence-corrected chi connectivity index (χ0v) is 11.2. The lowest BCUT2D eigenvalue weighted by molar-refractivity contribution is -0.181. The van der Waals surface area contributed by atoms with Crippen molar-refractivity contribution in [3.05, 3.63) is 24.0 Å². The van der Waals surface area contributed by atoms with Crippen molar-refractivity contribution in [2.24, 2.45) is 5.92 Å². The number of alkyl halides is 3. The van der Waals surface area contributed by atoms with Gasteiger partial charge in [-0.3, -0.25) is 9.59 Å². The van der Waals surface area contributed by atoms with E-state index in [4.69, 9.17) is 5.11 Å². The van der Waals surface area contributed by atoms with Crippen LogP contribution in [0.4, 0.5) is 13.2 Å². The second-order valence-corrected chi connectivity index (χ2v) is 4.87. The summed E-state index contributed by atoms with van der Waals surface area (Å²) in [5.74, 6) is -3.65. The predicted molar refractivity (Wildman–Crippen MR) is 66.8 cm³/mol. The first-order valence-electron chi connectivity index (χ1n) is 6.42. The van der Waals surface area contributed by atoms with Gasteiger partial charge in [0.25, 0.3) is 5.91 Å². The summed E-state index contributed by atoms with van der Waals surface area (Å²) in [6, 6.07) is -1.08. The second-order valence-electron chi connectivity index (χ2n) is 4.87. The van der Waals surface area contributed by atoms with Crippen LogP contribution in [0.3, 0.4) is 0 Å². The molecule has 1 aliphatic carbocycles. The first kappa shape index (κ1) is 16.0. The Labute approximate surface area is 122 Å². The van der Waals surface area contributed by atoms with E-state index in [-0.39, 0.29) is 18.5 Å². The fourth-order valence-corrected chi connectivity index (χ4v) is 2.20. The molecule has 1 aromatic rings. The van der Waals surface area contributed by atoms with Crippen molar-refractivity contribution < 1.29 is 27.9 Å². The zero-order chi connectivity index (χ0) is 16.3. The Morgan fingerprint density at radius 1 is 1.36 bits per heavy atom. The van der Waals surface area contributed by atoms with E-state index >= 15 is 0 Å². The summed E-state index contributed by atoms with van der Waals surface area (Å²) in [5.41, 5.74) is -0.225. The first-order chi connectivity index (χ1) is 10.3. The third kappa shape index (κ3) is 3.83. The van der Waals surface area contributed by atoms with Gasteiger partial charge in [0.15, 0.2) is 5.69 Å². The van der Waals surface area contributed by atoms with Crippen LogP contribution in [0.2, 0.25) is 0 Å². The summed E-state index contributed by atoms with van der Waals surface area (Å²) < 4.78 is 39.6. The number of aliphatic carboxylic acids is 1. The SMILES string of the molecule is O=C(O)Cn1cc(C(=O)N[C@@H]2CC=CC[C@H]2C(F)(F)F)nn1. The molecule has 22 heavy (non-hydrogen) atoms. The molecule has 120 valence electrons. The number of rotatable bonds is 4. The topological polar surface area (TPSA) is 97.1 Å². The summed E-state index contributed by atoms with van der Waals surface area (Å²) in [6.45, 7) is -0.488. The van der Waals surface area contributed by atoms with Crippen LogP contribution in [0.15, 0.2) is 18.3 Å². The van der Waals surface area contributed by atoms with Crippen LogP contribution >= 0.6 is 0 Å². The minimum atomic E-state index is -4.41. The third-order valence-electron chi connectivity index (χ3n) is 3.24. The van der Waals surface area contributed by atoms with Gasteiger partial charge in [-0.2, -0.15) is 13.2 Å². The number of carbonyl (C=O) groups excluding carboxylic acids is 1. The van der Waals surface area contributed by atoms with Crippen molar-refractivity contribution in [1.29, 1.82) is 0 Å². The van der Waals surface area contributed by atoms with E-state index in [9.17, 15) is 22.8 Å². The molecule has 2 N–H and O–H groups in total. The van der Waals surface area contributed by atoms with E-state index in [0.717, 1.165) is 10.9 Å². The van der Waals surface area contributed by atoms with Gasteiger partial charge in [0.1, 0.15) is 6.54 Å². The highest BCUT2D eigenvalue weighted by Crippen LogP contribution is 2.35. The fourth-order valence-electron chi connectivity index (χ4n) is 2.20. The molecule has 0 bridgehead atoms. The fraction of sp³-hybridized carbons (Fsp3) is 0.500. The molecule has 0 unspecified atom stereocenters. The van der Waals surface area contributed by atoms with Crippen LogP contribution in [0.25, 0.3) is 0 Å². The molecular weight excluding hydrogens is 305 g/mol. The molecule has 1 amide bonds. The number of carbonyl (C=O) groups is 2. The molecule has 1 aliphatic rings. The quantitative estimate of drug-likeness (QED) is 0.807. The molecule has 0 spiro atoms. The van der Waals surface area contributed by atoms with Crippen LogP contribution in [0, 0.1) is 5.92 Å². The van der Waals surface area contributed by atoms with Crippen LogP contribution in [-0.2, 0) is 11.3 Å². The van der Waals surface area contributed by atoms with Gasteiger partial charge in [0.2, 0.25) is 0 Å². The average Bonchev–Trinajstić information content (AvgIpc) is 2.86. The normalized spacial score (nSPS) is 21.6. The summed E-state index contributed by atoms with van der Waals surface area (Å²) in [6.07, 6.45) is -0.452. The largest absolute Gasteiger partial charge is 0.480 e. The van der Waals surface area contributed by atoms with E-state index < -0.39 is 36.6 Å². The Hall–Kier alpha value is -2.39. The number of allylic oxidation sites excluding steroid dienone is 1. The number of hydrogen-bond donors (Lipinski definition) is 2. The summed E-state index contributed by atoms with van der Waals surface area (Å²) in [4.78, 5) is 22.4. The average molecular weight is 318 g/mol. The number of hydrogen-bond acceptors (Lipinski definition) is 4. The molecule has 10 heteroatoms. The van der Waals surface area contributed by atoms with Gasteiger partial charge in [0.05, 0.1) is 12.1 Å². The molecule has 0 fully saturated rings. The highest BCUT2D eigenvalue weighted by atomic mass is 19.4. The van der Waals surface area contributed by atoms with Crippen molar-refractivity contribution in [3.63, 3.8) is 0 Å². The van der Waals surface area contributed by atoms with Gasteiger partial charge < -0.3 is 10.4 Å². The molecule has 7 nitrogen and oxygen atoms in total. The summed E-state index contributed by atoms with van der Waals surface area (Å²) in [5, 5.41) is 17.8. The Bertz CT molecular complexity index is 597. The molecule has 0 saturated carbocycles. The van der Waals surface area contributed by atoms with E-state index in [0.29, 0.717) is 0 Å². The van der Waals surface area contributed by atoms with E-state index in [1.807, 2.05) is 0 Å². The number of nitrogens with one attached hydrogen (secondary N) is 1. The molecule has 2 atom stereocenters. The number of aromatic nitrogens is 3. The molecule has 0 aliphatic heterocycles. The van der Waals surface area contributed by atoms with Crippen LogP contribution in [0.5, 0.6) is 0 Å². The lowest BCUT2D eigenvalue weighted by atomic mass is 9.88. The van der Waals surface area contributed by atoms with Crippen LogP contribution < -0.4 is 5.32 Å². The Morgan fingerprint density at radius 2 is 2.05 bits per heavy atom. The van der Waals surface area contributed by atoms with Crippen LogP contribution in [-0.4, -0.2) is 44.2 Å². The smallest absolute Gasteiger partial charge is 0.394 e. The van der Waals surface area contributed by atoms with Gasteiger partial charge in [-0.15, -0.1) is 5.10 Å². The number of carboxylic acid groups (broad SMARTS) is 1. The van der Waals surface area contributed by atoms with Crippen molar-refractivity contribution in [1.82, 2.24) is 20.3 Å². The Morgan fingerprint density at radius 3 is 2.68 bits per heavy atom. The monoisotopic (exact) mass is 318 g/mol. The second kappa shape index (κ2) is 6.16. The standard InChI is InChI=1S/C12H13F3N4O3/c13-12(14,15)7-3-1-2-4-8(7)16-11(22)9-5-19(18-17-9)6-10(20)21/h1-2,5,7-8H,3-4,6H2,(H,16,22)(H,20,21)/t7-,8-/m1/s1. The Balaban J connectivity index is 2.05. The van der Waals surface area contributed by atoms with E-state index in [1.165, 1.54) is 6.08 Å². The predicted octanol–water partition coefficient (Wildman–Crippen LogP) is 0.990. The maximum Gasteiger partial charge on any atom is 0.394 e. The first-order valence-corrected chi connectivity index (χ1v) is 6.42. The molecule has 1 aromatic heterocycles. The third-order valence-corrected chi connectivity index (χ3v) is 3.24. The number of halogens is 3. The van der Waals surface area contributed by atoms with Gasteiger partial charge in [-0.1, -0.05) is 17.4 Å². The van der Waals surface area contributed by atoms with E-state index in [1.54, 1.807) is 6.08 Å². The van der Waals surface area contributed by atoms with Gasteiger partial charge in [-0.05, 0) is 12.8 Å². The molecule has 0 aromatic carbocycles. The number of nitrogens with zero attached hydrogens (tertiary/aromatic N) is 3. The maximum absolute atomic E-state index is 12.9. The van der Waals surface area contributed by atoms with Gasteiger partial charge in [-0.25, -0.2) is 4.68 Å². The number of amides is 1. The lowest BCUT2D eigenvalue weighted by Crippen LogP contribution is -2.46. The van der Waals surface area contributed by atoms with Crippen molar-refractivity contribution in [2.75, 3.05) is 0 Å². The molecule has 2 rings (SSSR count). The number of carboxylic acids is 1. The minimum absolute atomic E-state index is 0.0686. The van der Waals surface area contributed by atoms with E-state index in [2.05, 4.69) is 15.6 Å². The summed E-state index contributed by atoms with van der Waals surface area (Å²) >= 11 is 0. The highest BCUT2D eigenvalue weighted by Gasteiger charge is 2.45. The maximum atomic E-state index is 12.9. The van der Waals surface area contributed by atoms with Crippen molar-refractivity contribution in [3.8, 4) is 0 Å². The highest BCUT2D eigenvalue weighted by molar-refractivity contribution is 5.92. The molecule has 0 radical (unpaired) electrons. The van der Waals surface area contributed by atoms with Crippen molar-refractivity contribution in [2.45, 2.75) is 31.6 Å². The van der Waals surface area contributed by atoms with Gasteiger partial charge >= 0.3 is 12.1 Å². The minimum Gasteiger partial charge on any atom is -0.480 e. The molecule has 0 saturated heterocycles. The molecule has 1 heterocycles. The van der Waals surface area contributed by atoms with Crippen molar-refractivity contribution >= 4 is 11.9 Å². The molecular formula is C12H13F3N4O3. The lowest BCUT2D eigenvalue weighted by Gasteiger charge is -2.30. The summed E-state index contributed by atoms with van der Waals surface area (Å²) in [7, 11) is 0. The zero-order valence-electron chi connectivity index (χ0n) is 11.2. The van der Waals surface area contributed by atoms with Gasteiger partial charge in [0, 0.05) is 6.04 Å².